The number of nitrogens with zero attached hydrogens (tertiary/aromatic N) is 2. The van der Waals surface area contributed by atoms with E-state index in [4.69, 9.17) is 16.1 Å². The van der Waals surface area contributed by atoms with Crippen molar-refractivity contribution in [1.82, 2.24) is 15.4 Å². The number of hydrogen-bond acceptors (Lipinski definition) is 4. The minimum Gasteiger partial charge on any atom is -0.355 e. The number of fused-ring (bicyclic) bond motifs is 1. The van der Waals surface area contributed by atoms with E-state index in [2.05, 4.69) is 20.7 Å². The molecule has 0 radical (unpaired) electrons. The molecule has 25 heavy (non-hydrogen) atoms. The molecule has 0 spiro atoms. The fourth-order valence-electron chi connectivity index (χ4n) is 2.61. The van der Waals surface area contributed by atoms with E-state index in [-0.39, 0.29) is 11.6 Å². The minimum atomic E-state index is -0.361. The van der Waals surface area contributed by atoms with Crippen molar-refractivity contribution in [2.45, 2.75) is 6.92 Å². The number of hydrogen-bond donors (Lipinski definition) is 2. The van der Waals surface area contributed by atoms with Crippen LogP contribution in [0.1, 0.15) is 16.1 Å². The molecule has 0 aliphatic carbocycles. The van der Waals surface area contributed by atoms with Crippen molar-refractivity contribution >= 4 is 34.1 Å². The summed E-state index contributed by atoms with van der Waals surface area (Å²) in [4.78, 5) is 12.4. The molecule has 0 saturated carbocycles. The number of anilines is 1. The Balaban J connectivity index is 1.64. The molecule has 2 heterocycles. The third-order valence-electron chi connectivity index (χ3n) is 3.94. The first-order chi connectivity index (χ1) is 12.1. The molecule has 4 aromatic rings. The number of carbonyl (C=O) groups is 1. The van der Waals surface area contributed by atoms with Gasteiger partial charge < -0.3 is 9.84 Å². The van der Waals surface area contributed by atoms with Gasteiger partial charge in [-0.3, -0.25) is 9.89 Å². The highest BCUT2D eigenvalue weighted by Crippen LogP contribution is 2.28. The highest BCUT2D eigenvalue weighted by atomic mass is 35.5. The number of rotatable bonds is 3. The second kappa shape index (κ2) is 6.07. The average Bonchev–Trinajstić information content (AvgIpc) is 3.26. The van der Waals surface area contributed by atoms with E-state index >= 15 is 0 Å². The first kappa shape index (κ1) is 15.4. The third-order valence-corrected chi connectivity index (χ3v) is 4.18. The van der Waals surface area contributed by atoms with Gasteiger partial charge in [-0.25, -0.2) is 0 Å². The van der Waals surface area contributed by atoms with Gasteiger partial charge in [0.1, 0.15) is 0 Å². The summed E-state index contributed by atoms with van der Waals surface area (Å²) in [5.41, 5.74) is 3.43. The van der Waals surface area contributed by atoms with Crippen molar-refractivity contribution in [2.24, 2.45) is 0 Å². The SMILES string of the molecule is Cc1ccc(Cl)cc1NC(=O)c1cc(-c2cccc3[nH]ncc23)on1. The Bertz CT molecular complexity index is 1080. The van der Waals surface area contributed by atoms with Crippen molar-refractivity contribution in [2.75, 3.05) is 5.32 Å². The Hall–Kier alpha value is -3.12. The molecule has 0 atom stereocenters. The summed E-state index contributed by atoms with van der Waals surface area (Å²) in [5.74, 6) is 0.139. The average molecular weight is 353 g/mol. The quantitative estimate of drug-likeness (QED) is 0.571. The zero-order valence-corrected chi connectivity index (χ0v) is 14.0. The van der Waals surface area contributed by atoms with Crippen molar-refractivity contribution in [3.05, 3.63) is 64.9 Å². The summed E-state index contributed by atoms with van der Waals surface area (Å²) in [6.45, 7) is 1.89. The zero-order chi connectivity index (χ0) is 17.4. The van der Waals surface area contributed by atoms with E-state index in [0.29, 0.717) is 16.5 Å². The van der Waals surface area contributed by atoms with Gasteiger partial charge in [0, 0.05) is 27.7 Å². The van der Waals surface area contributed by atoms with E-state index in [9.17, 15) is 4.79 Å². The lowest BCUT2D eigenvalue weighted by atomic mass is 10.1. The first-order valence-corrected chi connectivity index (χ1v) is 7.96. The van der Waals surface area contributed by atoms with Crippen LogP contribution in [0.15, 0.2) is 53.2 Å². The number of aryl methyl sites for hydroxylation is 1. The van der Waals surface area contributed by atoms with E-state index in [1.165, 1.54) is 0 Å². The predicted octanol–water partition coefficient (Wildman–Crippen LogP) is 4.43. The third kappa shape index (κ3) is 2.88. The number of aromatic nitrogens is 3. The van der Waals surface area contributed by atoms with Crippen LogP contribution in [0, 0.1) is 6.92 Å². The number of carbonyl (C=O) groups excluding carboxylic acids is 1. The van der Waals surface area contributed by atoms with Crippen molar-refractivity contribution < 1.29 is 9.32 Å². The number of benzene rings is 2. The van der Waals surface area contributed by atoms with Gasteiger partial charge in [-0.1, -0.05) is 35.0 Å². The highest BCUT2D eigenvalue weighted by molar-refractivity contribution is 6.31. The Labute approximate surface area is 147 Å². The van der Waals surface area contributed by atoms with Crippen LogP contribution in [0.5, 0.6) is 0 Å². The summed E-state index contributed by atoms with van der Waals surface area (Å²) in [6, 6.07) is 12.6. The Morgan fingerprint density at radius 1 is 1.24 bits per heavy atom. The minimum absolute atomic E-state index is 0.190. The summed E-state index contributed by atoms with van der Waals surface area (Å²) in [5, 5.41) is 15.1. The van der Waals surface area contributed by atoms with Gasteiger partial charge in [0.15, 0.2) is 11.5 Å². The van der Waals surface area contributed by atoms with Gasteiger partial charge in [0.25, 0.3) is 5.91 Å². The fourth-order valence-corrected chi connectivity index (χ4v) is 2.78. The van der Waals surface area contributed by atoms with Gasteiger partial charge in [-0.05, 0) is 30.7 Å². The summed E-state index contributed by atoms with van der Waals surface area (Å²) >= 11 is 5.98. The molecule has 2 N–H and O–H groups in total. The molecule has 0 unspecified atom stereocenters. The van der Waals surface area contributed by atoms with Crippen LogP contribution in [0.4, 0.5) is 5.69 Å². The van der Waals surface area contributed by atoms with Gasteiger partial charge in [-0.15, -0.1) is 0 Å². The molecule has 0 bridgehead atoms. The maximum atomic E-state index is 12.4. The molecule has 0 aliphatic rings. The topological polar surface area (TPSA) is 83.8 Å². The molecule has 2 aromatic carbocycles. The zero-order valence-electron chi connectivity index (χ0n) is 13.2. The Kier molecular flexibility index (Phi) is 3.74. The number of aromatic amines is 1. The van der Waals surface area contributed by atoms with E-state index < -0.39 is 0 Å². The normalized spacial score (nSPS) is 11.0. The molecule has 0 aliphatic heterocycles. The molecule has 124 valence electrons. The van der Waals surface area contributed by atoms with Crippen LogP contribution in [0.3, 0.4) is 0 Å². The number of H-pyrrole nitrogens is 1. The molecule has 0 fully saturated rings. The predicted molar refractivity (Wildman–Crippen MR) is 95.7 cm³/mol. The van der Waals surface area contributed by atoms with Crippen LogP contribution in [-0.4, -0.2) is 21.3 Å². The van der Waals surface area contributed by atoms with E-state index in [1.807, 2.05) is 31.2 Å². The lowest BCUT2D eigenvalue weighted by Gasteiger charge is -2.06. The summed E-state index contributed by atoms with van der Waals surface area (Å²) in [6.07, 6.45) is 1.71. The monoisotopic (exact) mass is 352 g/mol. The number of nitrogens with one attached hydrogen (secondary N) is 2. The lowest BCUT2D eigenvalue weighted by molar-refractivity contribution is 0.101. The maximum Gasteiger partial charge on any atom is 0.277 e. The molecular weight excluding hydrogens is 340 g/mol. The molecular formula is C18H13ClN4O2. The number of halogens is 1. The Morgan fingerprint density at radius 2 is 2.12 bits per heavy atom. The van der Waals surface area contributed by atoms with Gasteiger partial charge >= 0.3 is 0 Å². The van der Waals surface area contributed by atoms with Crippen LogP contribution in [0.25, 0.3) is 22.2 Å². The van der Waals surface area contributed by atoms with Crippen molar-refractivity contribution in [3.8, 4) is 11.3 Å². The number of amides is 1. The van der Waals surface area contributed by atoms with Crippen LogP contribution >= 0.6 is 11.6 Å². The van der Waals surface area contributed by atoms with Crippen molar-refractivity contribution in [3.63, 3.8) is 0 Å². The van der Waals surface area contributed by atoms with Crippen molar-refractivity contribution in [1.29, 1.82) is 0 Å². The smallest absolute Gasteiger partial charge is 0.277 e. The van der Waals surface area contributed by atoms with Crippen LogP contribution in [0.2, 0.25) is 5.02 Å². The molecule has 7 heteroatoms. The summed E-state index contributed by atoms with van der Waals surface area (Å²) in [7, 11) is 0. The largest absolute Gasteiger partial charge is 0.355 e. The van der Waals surface area contributed by atoms with Gasteiger partial charge in [0.05, 0.1) is 11.7 Å². The van der Waals surface area contributed by atoms with Crippen LogP contribution in [-0.2, 0) is 0 Å². The second-order valence-corrected chi connectivity index (χ2v) is 6.06. The van der Waals surface area contributed by atoms with Gasteiger partial charge in [0.2, 0.25) is 0 Å². The molecule has 1 amide bonds. The maximum absolute atomic E-state index is 12.4. The van der Waals surface area contributed by atoms with Crippen LogP contribution < -0.4 is 5.32 Å². The second-order valence-electron chi connectivity index (χ2n) is 5.63. The standard InChI is InChI=1S/C18H13ClN4O2/c1-10-5-6-11(19)7-15(10)21-18(24)16-8-17(25-23-16)12-3-2-4-14-13(12)9-20-22-14/h2-9H,1H3,(H,20,22)(H,21,24). The Morgan fingerprint density at radius 3 is 3.00 bits per heavy atom. The summed E-state index contributed by atoms with van der Waals surface area (Å²) < 4.78 is 5.36. The molecule has 6 nitrogen and oxygen atoms in total. The molecule has 0 saturated heterocycles. The lowest BCUT2D eigenvalue weighted by Crippen LogP contribution is -2.13. The molecule has 4 rings (SSSR count). The van der Waals surface area contributed by atoms with Gasteiger partial charge in [-0.2, -0.15) is 5.10 Å². The highest BCUT2D eigenvalue weighted by Gasteiger charge is 2.16. The first-order valence-electron chi connectivity index (χ1n) is 7.58. The van der Waals surface area contributed by atoms with E-state index in [1.54, 1.807) is 24.4 Å². The van der Waals surface area contributed by atoms with E-state index in [0.717, 1.165) is 22.0 Å². The molecule has 2 aromatic heterocycles. The fraction of sp³-hybridized carbons (Fsp3) is 0.0556.